The Morgan fingerprint density at radius 2 is 1.94 bits per heavy atom. The van der Waals surface area contributed by atoms with E-state index in [1.54, 1.807) is 0 Å². The molecule has 5 nitrogen and oxygen atoms in total. The zero-order chi connectivity index (χ0) is 22.6. The third-order valence-electron chi connectivity index (χ3n) is 6.03. The van der Waals surface area contributed by atoms with Gasteiger partial charge in [-0.25, -0.2) is 9.97 Å². The number of piperidine rings is 1. The van der Waals surface area contributed by atoms with Gasteiger partial charge in [-0.05, 0) is 91.7 Å². The summed E-state index contributed by atoms with van der Waals surface area (Å²) in [5.41, 5.74) is 4.08. The quantitative estimate of drug-likeness (QED) is 0.382. The van der Waals surface area contributed by atoms with Gasteiger partial charge in [-0.2, -0.15) is 0 Å². The second-order valence-electron chi connectivity index (χ2n) is 8.38. The SMILES string of the molecule is C#Cc1nc(Nc2ccc(Oc3ccccc3)c(C)c2)c2cc(C3CCCNC3)ccc2n1. The van der Waals surface area contributed by atoms with E-state index in [0.717, 1.165) is 52.6 Å². The molecule has 0 spiro atoms. The first kappa shape index (κ1) is 21.0. The lowest BCUT2D eigenvalue weighted by atomic mass is 9.91. The molecular formula is C28H26N4O. The van der Waals surface area contributed by atoms with E-state index >= 15 is 0 Å². The van der Waals surface area contributed by atoms with Gasteiger partial charge in [-0.15, -0.1) is 6.42 Å². The number of hydrogen-bond donors (Lipinski definition) is 2. The fourth-order valence-electron chi connectivity index (χ4n) is 4.29. The lowest BCUT2D eigenvalue weighted by Gasteiger charge is -2.23. The Bertz CT molecular complexity index is 1320. The van der Waals surface area contributed by atoms with Crippen LogP contribution in [0.5, 0.6) is 11.5 Å². The predicted octanol–water partition coefficient (Wildman–Crippen LogP) is 5.92. The molecule has 1 saturated heterocycles. The van der Waals surface area contributed by atoms with Gasteiger partial charge in [0.05, 0.1) is 5.52 Å². The van der Waals surface area contributed by atoms with Crippen LogP contribution in [0.3, 0.4) is 0 Å². The van der Waals surface area contributed by atoms with Crippen LogP contribution in [0.4, 0.5) is 11.5 Å². The zero-order valence-electron chi connectivity index (χ0n) is 18.6. The lowest BCUT2D eigenvalue weighted by molar-refractivity contribution is 0.462. The van der Waals surface area contributed by atoms with Crippen molar-refractivity contribution in [3.63, 3.8) is 0 Å². The first-order chi connectivity index (χ1) is 16.2. The maximum absolute atomic E-state index is 6.02. The number of para-hydroxylation sites is 1. The molecule has 2 heterocycles. The van der Waals surface area contributed by atoms with Crippen LogP contribution in [0.1, 0.15) is 35.7 Å². The molecule has 1 aromatic heterocycles. The second kappa shape index (κ2) is 9.32. The molecule has 164 valence electrons. The molecular weight excluding hydrogens is 408 g/mol. The molecule has 5 heteroatoms. The number of hydrogen-bond acceptors (Lipinski definition) is 5. The molecule has 1 aliphatic rings. The first-order valence-electron chi connectivity index (χ1n) is 11.3. The Kier molecular flexibility index (Phi) is 5.93. The lowest BCUT2D eigenvalue weighted by Crippen LogP contribution is -2.28. The summed E-state index contributed by atoms with van der Waals surface area (Å²) in [4.78, 5) is 9.15. The second-order valence-corrected chi connectivity index (χ2v) is 8.38. The van der Waals surface area contributed by atoms with Crippen molar-refractivity contribution >= 4 is 22.4 Å². The normalized spacial score (nSPS) is 15.7. The minimum absolute atomic E-state index is 0.373. The maximum Gasteiger partial charge on any atom is 0.207 e. The van der Waals surface area contributed by atoms with Crippen LogP contribution in [0.25, 0.3) is 10.9 Å². The van der Waals surface area contributed by atoms with Gasteiger partial charge in [-0.3, -0.25) is 0 Å². The van der Waals surface area contributed by atoms with E-state index in [9.17, 15) is 0 Å². The van der Waals surface area contributed by atoms with Gasteiger partial charge in [0.25, 0.3) is 0 Å². The monoisotopic (exact) mass is 434 g/mol. The molecule has 5 rings (SSSR count). The number of rotatable bonds is 5. The van der Waals surface area contributed by atoms with E-state index in [1.165, 1.54) is 18.4 Å². The predicted molar refractivity (Wildman–Crippen MR) is 133 cm³/mol. The maximum atomic E-state index is 6.02. The number of nitrogens with zero attached hydrogens (tertiary/aromatic N) is 2. The van der Waals surface area contributed by atoms with Crippen molar-refractivity contribution < 1.29 is 4.74 Å². The highest BCUT2D eigenvalue weighted by Gasteiger charge is 2.17. The average Bonchev–Trinajstić information content (AvgIpc) is 2.86. The highest BCUT2D eigenvalue weighted by Crippen LogP contribution is 2.32. The number of fused-ring (bicyclic) bond motifs is 1. The van der Waals surface area contributed by atoms with Crippen molar-refractivity contribution in [3.05, 3.63) is 83.7 Å². The van der Waals surface area contributed by atoms with E-state index < -0.39 is 0 Å². The van der Waals surface area contributed by atoms with Crippen LogP contribution in [-0.4, -0.2) is 23.1 Å². The molecule has 3 aromatic carbocycles. The highest BCUT2D eigenvalue weighted by atomic mass is 16.5. The van der Waals surface area contributed by atoms with Crippen molar-refractivity contribution in [2.45, 2.75) is 25.7 Å². The van der Waals surface area contributed by atoms with Gasteiger partial charge in [0.2, 0.25) is 5.82 Å². The fraction of sp³-hybridized carbons (Fsp3) is 0.214. The summed E-state index contributed by atoms with van der Waals surface area (Å²) < 4.78 is 6.02. The van der Waals surface area contributed by atoms with Crippen molar-refractivity contribution in [1.29, 1.82) is 0 Å². The Morgan fingerprint density at radius 1 is 1.06 bits per heavy atom. The Hall–Kier alpha value is -3.88. The van der Waals surface area contributed by atoms with Crippen molar-refractivity contribution in [1.82, 2.24) is 15.3 Å². The van der Waals surface area contributed by atoms with Crippen molar-refractivity contribution in [3.8, 4) is 23.8 Å². The number of anilines is 2. The highest BCUT2D eigenvalue weighted by molar-refractivity contribution is 5.91. The van der Waals surface area contributed by atoms with Crippen LogP contribution in [0.2, 0.25) is 0 Å². The van der Waals surface area contributed by atoms with Crippen molar-refractivity contribution in [2.75, 3.05) is 18.4 Å². The number of aryl methyl sites for hydroxylation is 1. The number of aromatic nitrogens is 2. The van der Waals surface area contributed by atoms with Gasteiger partial charge in [-0.1, -0.05) is 24.3 Å². The summed E-state index contributed by atoms with van der Waals surface area (Å²) in [6.07, 6.45) is 8.02. The summed E-state index contributed by atoms with van der Waals surface area (Å²) >= 11 is 0. The number of benzene rings is 3. The zero-order valence-corrected chi connectivity index (χ0v) is 18.6. The van der Waals surface area contributed by atoms with Gasteiger partial charge in [0, 0.05) is 17.6 Å². The first-order valence-corrected chi connectivity index (χ1v) is 11.3. The van der Waals surface area contributed by atoms with Crippen LogP contribution < -0.4 is 15.4 Å². The van der Waals surface area contributed by atoms with E-state index in [2.05, 4.69) is 50.8 Å². The molecule has 4 aromatic rings. The molecule has 1 aliphatic heterocycles. The minimum Gasteiger partial charge on any atom is -0.457 e. The molecule has 33 heavy (non-hydrogen) atoms. The standard InChI is InChI=1S/C28H26N4O/c1-3-27-31-25-13-11-20(21-8-7-15-29-18-21)17-24(25)28(32-27)30-22-12-14-26(19(2)16-22)33-23-9-5-4-6-10-23/h1,4-6,9-14,16-17,21,29H,7-8,15,18H2,2H3,(H,30,31,32). The molecule has 1 fully saturated rings. The van der Waals surface area contributed by atoms with E-state index in [0.29, 0.717) is 11.7 Å². The Balaban J connectivity index is 1.47. The van der Waals surface area contributed by atoms with Gasteiger partial charge in [0.15, 0.2) is 0 Å². The molecule has 1 unspecified atom stereocenters. The van der Waals surface area contributed by atoms with Gasteiger partial charge >= 0.3 is 0 Å². The number of nitrogens with one attached hydrogen (secondary N) is 2. The molecule has 0 aliphatic carbocycles. The Labute approximate surface area is 194 Å². The summed E-state index contributed by atoms with van der Waals surface area (Å²) in [6.45, 7) is 4.12. The molecule has 2 N–H and O–H groups in total. The molecule has 0 bridgehead atoms. The van der Waals surface area contributed by atoms with Gasteiger partial charge < -0.3 is 15.4 Å². The smallest absolute Gasteiger partial charge is 0.207 e. The average molecular weight is 435 g/mol. The number of ether oxygens (including phenoxy) is 1. The van der Waals surface area contributed by atoms with Crippen LogP contribution in [-0.2, 0) is 0 Å². The summed E-state index contributed by atoms with van der Waals surface area (Å²) in [5.74, 6) is 5.80. The molecule has 0 saturated carbocycles. The summed E-state index contributed by atoms with van der Waals surface area (Å²) in [5, 5.41) is 7.94. The molecule has 0 amide bonds. The topological polar surface area (TPSA) is 59.1 Å². The summed E-state index contributed by atoms with van der Waals surface area (Å²) in [6, 6.07) is 22.2. The third kappa shape index (κ3) is 4.67. The van der Waals surface area contributed by atoms with Crippen LogP contribution in [0, 0.1) is 19.3 Å². The van der Waals surface area contributed by atoms with E-state index in [1.807, 2.05) is 49.4 Å². The van der Waals surface area contributed by atoms with E-state index in [-0.39, 0.29) is 0 Å². The summed E-state index contributed by atoms with van der Waals surface area (Å²) in [7, 11) is 0. The molecule has 1 atom stereocenters. The van der Waals surface area contributed by atoms with Crippen LogP contribution >= 0.6 is 0 Å². The fourth-order valence-corrected chi connectivity index (χ4v) is 4.29. The largest absolute Gasteiger partial charge is 0.457 e. The third-order valence-corrected chi connectivity index (χ3v) is 6.03. The van der Waals surface area contributed by atoms with Crippen LogP contribution in [0.15, 0.2) is 66.7 Å². The molecule has 0 radical (unpaired) electrons. The minimum atomic E-state index is 0.373. The van der Waals surface area contributed by atoms with Gasteiger partial charge in [0.1, 0.15) is 17.3 Å². The number of terminal acetylenes is 1. The Morgan fingerprint density at radius 3 is 2.70 bits per heavy atom. The van der Waals surface area contributed by atoms with Crippen molar-refractivity contribution in [2.24, 2.45) is 0 Å². The van der Waals surface area contributed by atoms with E-state index in [4.69, 9.17) is 11.2 Å².